The number of aliphatic carboxylic acids is 1. The van der Waals surface area contributed by atoms with Gasteiger partial charge in [-0.1, -0.05) is 6.07 Å². The summed E-state index contributed by atoms with van der Waals surface area (Å²) in [7, 11) is 4.15. The molecule has 4 rings (SSSR count). The molecule has 0 unspecified atom stereocenters. The first kappa shape index (κ1) is 24.8. The van der Waals surface area contributed by atoms with Crippen LogP contribution in [-0.2, 0) is 18.4 Å². The van der Waals surface area contributed by atoms with Crippen molar-refractivity contribution < 1.29 is 27.9 Å². The molecular formula is C23H29F3N4O3. The van der Waals surface area contributed by atoms with Crippen LogP contribution in [0.5, 0.6) is 0 Å². The molecule has 1 saturated heterocycles. The summed E-state index contributed by atoms with van der Waals surface area (Å²) in [6.07, 6.45) is 3.50. The molecule has 1 N–H and O–H groups in total. The Balaban J connectivity index is 0.000000383. The third-order valence-corrected chi connectivity index (χ3v) is 6.61. The monoisotopic (exact) mass is 466 g/mol. The number of carboxylic acid groups (broad SMARTS) is 1. The van der Waals surface area contributed by atoms with Gasteiger partial charge in [-0.05, 0) is 62.4 Å². The number of amides is 1. The minimum absolute atomic E-state index is 0.176. The third kappa shape index (κ3) is 6.13. The average Bonchev–Trinajstić information content (AvgIpc) is 3.18. The van der Waals surface area contributed by atoms with Crippen molar-refractivity contribution in [3.05, 3.63) is 54.1 Å². The summed E-state index contributed by atoms with van der Waals surface area (Å²) >= 11 is 0. The highest BCUT2D eigenvalue weighted by Crippen LogP contribution is 2.51. The average molecular weight is 467 g/mol. The van der Waals surface area contributed by atoms with Crippen LogP contribution in [0.1, 0.15) is 41.9 Å². The van der Waals surface area contributed by atoms with Gasteiger partial charge in [-0.15, -0.1) is 0 Å². The number of halogens is 3. The molecule has 2 aromatic rings. The maximum atomic E-state index is 12.7. The summed E-state index contributed by atoms with van der Waals surface area (Å²) in [6, 6.07) is 10.6. The van der Waals surface area contributed by atoms with Gasteiger partial charge in [-0.2, -0.15) is 13.2 Å². The van der Waals surface area contributed by atoms with Crippen LogP contribution in [0.25, 0.3) is 0 Å². The second-order valence-corrected chi connectivity index (χ2v) is 8.90. The van der Waals surface area contributed by atoms with E-state index in [4.69, 9.17) is 9.90 Å². The van der Waals surface area contributed by atoms with Gasteiger partial charge in [0, 0.05) is 45.1 Å². The molecule has 10 heteroatoms. The number of rotatable bonds is 4. The van der Waals surface area contributed by atoms with Crippen LogP contribution in [-0.4, -0.2) is 68.7 Å². The molecule has 2 fully saturated rings. The number of likely N-dealkylation sites (tertiary alicyclic amines) is 1. The number of aromatic nitrogens is 2. The summed E-state index contributed by atoms with van der Waals surface area (Å²) in [4.78, 5) is 30.5. The fourth-order valence-electron chi connectivity index (χ4n) is 4.57. The number of hydrogen-bond acceptors (Lipinski definition) is 4. The van der Waals surface area contributed by atoms with E-state index in [-0.39, 0.29) is 5.91 Å². The summed E-state index contributed by atoms with van der Waals surface area (Å²) < 4.78 is 33.7. The van der Waals surface area contributed by atoms with Gasteiger partial charge in [0.05, 0.1) is 5.69 Å². The van der Waals surface area contributed by atoms with Gasteiger partial charge in [0.15, 0.2) is 0 Å². The molecule has 2 aromatic heterocycles. The van der Waals surface area contributed by atoms with E-state index in [0.29, 0.717) is 11.5 Å². The lowest BCUT2D eigenvalue weighted by molar-refractivity contribution is -0.192. The van der Waals surface area contributed by atoms with E-state index < -0.39 is 12.1 Å². The van der Waals surface area contributed by atoms with Gasteiger partial charge in [0.25, 0.3) is 5.91 Å². The topological polar surface area (TPSA) is 78.7 Å². The number of carbonyl (C=O) groups is 2. The van der Waals surface area contributed by atoms with E-state index in [1.165, 1.54) is 12.8 Å². The number of nitrogens with zero attached hydrogens (tertiary/aromatic N) is 4. The van der Waals surface area contributed by atoms with Crippen LogP contribution in [0.2, 0.25) is 0 Å². The van der Waals surface area contributed by atoms with Gasteiger partial charge < -0.3 is 14.6 Å². The Bertz CT molecular complexity index is 945. The molecule has 2 aliphatic rings. The molecule has 1 aliphatic carbocycles. The lowest BCUT2D eigenvalue weighted by Crippen LogP contribution is -2.54. The van der Waals surface area contributed by atoms with Crippen molar-refractivity contribution in [2.75, 3.05) is 20.1 Å². The second kappa shape index (κ2) is 9.94. The molecule has 1 spiro atoms. The zero-order valence-electron chi connectivity index (χ0n) is 18.8. The fourth-order valence-corrected chi connectivity index (χ4v) is 4.57. The highest BCUT2D eigenvalue weighted by Gasteiger charge is 2.47. The van der Waals surface area contributed by atoms with Gasteiger partial charge in [0.2, 0.25) is 0 Å². The molecular weight excluding hydrogens is 437 g/mol. The van der Waals surface area contributed by atoms with Crippen molar-refractivity contribution >= 4 is 11.9 Å². The number of pyridine rings is 1. The second-order valence-electron chi connectivity index (χ2n) is 8.90. The Morgan fingerprint density at radius 2 is 1.82 bits per heavy atom. The highest BCUT2D eigenvalue weighted by atomic mass is 19.4. The molecule has 180 valence electrons. The lowest BCUT2D eigenvalue weighted by atomic mass is 9.60. The lowest BCUT2D eigenvalue weighted by Gasteiger charge is -2.54. The molecule has 0 radical (unpaired) electrons. The van der Waals surface area contributed by atoms with Crippen LogP contribution in [0.3, 0.4) is 0 Å². The predicted octanol–water partition coefficient (Wildman–Crippen LogP) is 3.57. The standard InChI is InChI=1S/C21H28N4O.C2HF3O2/c1-23-11-5-7-19(23)20(26)25-12-8-21(9-13-25)14-18(15-21)24(2)16-17-6-3-4-10-22-17;3-2(4,5)1(6)7/h3-7,10-11,18H,8-9,12-16H2,1-2H3;(H,6,7). The van der Waals surface area contributed by atoms with Crippen molar-refractivity contribution in [1.29, 1.82) is 0 Å². The van der Waals surface area contributed by atoms with E-state index >= 15 is 0 Å². The quantitative estimate of drug-likeness (QED) is 0.746. The molecule has 1 amide bonds. The largest absolute Gasteiger partial charge is 0.490 e. The van der Waals surface area contributed by atoms with E-state index in [1.807, 2.05) is 47.1 Å². The normalized spacial score (nSPS) is 17.9. The molecule has 0 aromatic carbocycles. The summed E-state index contributed by atoms with van der Waals surface area (Å²) in [6.45, 7) is 2.70. The maximum absolute atomic E-state index is 12.7. The first-order chi connectivity index (χ1) is 15.5. The van der Waals surface area contributed by atoms with Crippen LogP contribution in [0.4, 0.5) is 13.2 Å². The SMILES string of the molecule is CN(Cc1ccccn1)C1CC2(CCN(C(=O)c3cccn3C)CC2)C1.O=C(O)C(F)(F)F. The van der Waals surface area contributed by atoms with Gasteiger partial charge >= 0.3 is 12.1 Å². The Kier molecular flexibility index (Phi) is 7.46. The molecule has 7 nitrogen and oxygen atoms in total. The molecule has 0 atom stereocenters. The first-order valence-corrected chi connectivity index (χ1v) is 10.8. The molecule has 3 heterocycles. The molecule has 1 saturated carbocycles. The van der Waals surface area contributed by atoms with Gasteiger partial charge in [-0.3, -0.25) is 14.7 Å². The Labute approximate surface area is 190 Å². The Morgan fingerprint density at radius 1 is 1.18 bits per heavy atom. The number of carboxylic acids is 1. The van der Waals surface area contributed by atoms with Crippen LogP contribution in [0.15, 0.2) is 42.7 Å². The zero-order chi connectivity index (χ0) is 24.2. The van der Waals surface area contributed by atoms with E-state index in [9.17, 15) is 18.0 Å². The first-order valence-electron chi connectivity index (χ1n) is 10.8. The number of aryl methyl sites for hydroxylation is 1. The van der Waals surface area contributed by atoms with Gasteiger partial charge in [0.1, 0.15) is 5.69 Å². The predicted molar refractivity (Wildman–Crippen MR) is 115 cm³/mol. The summed E-state index contributed by atoms with van der Waals surface area (Å²) in [5.41, 5.74) is 2.38. The van der Waals surface area contributed by atoms with Crippen molar-refractivity contribution in [3.63, 3.8) is 0 Å². The number of alkyl halides is 3. The van der Waals surface area contributed by atoms with Crippen LogP contribution >= 0.6 is 0 Å². The molecule has 33 heavy (non-hydrogen) atoms. The smallest absolute Gasteiger partial charge is 0.475 e. The van der Waals surface area contributed by atoms with Crippen molar-refractivity contribution in [2.24, 2.45) is 12.5 Å². The Morgan fingerprint density at radius 3 is 2.30 bits per heavy atom. The fraction of sp³-hybridized carbons (Fsp3) is 0.522. The maximum Gasteiger partial charge on any atom is 0.490 e. The zero-order valence-corrected chi connectivity index (χ0v) is 18.8. The molecule has 0 bridgehead atoms. The van der Waals surface area contributed by atoms with Crippen molar-refractivity contribution in [3.8, 4) is 0 Å². The third-order valence-electron chi connectivity index (χ3n) is 6.61. The van der Waals surface area contributed by atoms with Gasteiger partial charge in [-0.25, -0.2) is 4.79 Å². The van der Waals surface area contributed by atoms with E-state index in [0.717, 1.165) is 43.9 Å². The highest BCUT2D eigenvalue weighted by molar-refractivity contribution is 5.92. The Hall–Kier alpha value is -2.88. The van der Waals surface area contributed by atoms with E-state index in [1.54, 1.807) is 0 Å². The van der Waals surface area contributed by atoms with Crippen molar-refractivity contribution in [2.45, 2.75) is 44.4 Å². The summed E-state index contributed by atoms with van der Waals surface area (Å²) in [5, 5.41) is 7.12. The van der Waals surface area contributed by atoms with E-state index in [2.05, 4.69) is 29.1 Å². The number of carbonyl (C=O) groups excluding carboxylic acids is 1. The minimum Gasteiger partial charge on any atom is -0.475 e. The van der Waals surface area contributed by atoms with Crippen LogP contribution < -0.4 is 0 Å². The molecule has 1 aliphatic heterocycles. The van der Waals surface area contributed by atoms with Crippen LogP contribution in [0, 0.1) is 5.41 Å². The summed E-state index contributed by atoms with van der Waals surface area (Å²) in [5.74, 6) is -2.58. The number of piperidine rings is 1. The van der Waals surface area contributed by atoms with Crippen molar-refractivity contribution in [1.82, 2.24) is 19.4 Å². The minimum atomic E-state index is -5.08. The number of hydrogen-bond donors (Lipinski definition) is 1.